The lowest BCUT2D eigenvalue weighted by atomic mass is 10.3. The number of hydrogen-bond donors (Lipinski definition) is 1. The summed E-state index contributed by atoms with van der Waals surface area (Å²) in [6, 6.07) is 13.3. The quantitative estimate of drug-likeness (QED) is 0.768. The predicted molar refractivity (Wildman–Crippen MR) is 60.9 cm³/mol. The summed E-state index contributed by atoms with van der Waals surface area (Å²) in [5.41, 5.74) is 0.582. The Hall–Kier alpha value is -2.47. The molecule has 0 unspecified atom stereocenters. The first-order valence-corrected chi connectivity index (χ1v) is 4.72. The smallest absolute Gasteiger partial charge is 0.187 e. The molecule has 0 radical (unpaired) electrons. The van der Waals surface area contributed by atoms with Gasteiger partial charge in [0.15, 0.2) is 5.69 Å². The van der Waals surface area contributed by atoms with Crippen LogP contribution in [0.15, 0.2) is 48.5 Å². The molecule has 0 fully saturated rings. The second-order valence-corrected chi connectivity index (χ2v) is 3.20. The van der Waals surface area contributed by atoms with Gasteiger partial charge in [-0.25, -0.2) is 4.85 Å². The fraction of sp³-hybridized carbons (Fsp3) is 0. The van der Waals surface area contributed by atoms with Crippen molar-refractivity contribution < 1.29 is 9.84 Å². The van der Waals surface area contributed by atoms with Crippen LogP contribution in [0.2, 0.25) is 0 Å². The van der Waals surface area contributed by atoms with Crippen molar-refractivity contribution in [3.8, 4) is 17.2 Å². The SMILES string of the molecule is [C-]#[N+]c1ccc(Oc2ccc(O)cc2)cc1. The molecule has 2 aromatic carbocycles. The van der Waals surface area contributed by atoms with Gasteiger partial charge in [-0.15, -0.1) is 0 Å². The van der Waals surface area contributed by atoms with Crippen molar-refractivity contribution >= 4 is 5.69 Å². The Morgan fingerprint density at radius 3 is 1.88 bits per heavy atom. The largest absolute Gasteiger partial charge is 0.508 e. The van der Waals surface area contributed by atoms with E-state index < -0.39 is 0 Å². The normalized spacial score (nSPS) is 9.44. The Morgan fingerprint density at radius 2 is 1.38 bits per heavy atom. The Kier molecular flexibility index (Phi) is 2.75. The standard InChI is InChI=1S/C13H9NO2/c1-14-10-2-6-12(7-3-10)16-13-8-4-11(15)5-9-13/h2-9,15H. The van der Waals surface area contributed by atoms with Crippen LogP contribution in [0.4, 0.5) is 5.69 Å². The molecule has 1 N–H and O–H groups in total. The summed E-state index contributed by atoms with van der Waals surface area (Å²) in [7, 11) is 0. The summed E-state index contributed by atoms with van der Waals surface area (Å²) < 4.78 is 5.52. The lowest BCUT2D eigenvalue weighted by Crippen LogP contribution is -1.82. The highest BCUT2D eigenvalue weighted by molar-refractivity contribution is 5.47. The van der Waals surface area contributed by atoms with Crippen molar-refractivity contribution in [3.63, 3.8) is 0 Å². The summed E-state index contributed by atoms with van der Waals surface area (Å²) in [5, 5.41) is 9.10. The molecule has 0 aliphatic heterocycles. The third-order valence-electron chi connectivity index (χ3n) is 2.04. The van der Waals surface area contributed by atoms with Crippen LogP contribution in [0, 0.1) is 6.57 Å². The van der Waals surface area contributed by atoms with Gasteiger partial charge in [0.25, 0.3) is 0 Å². The number of phenolic OH excluding ortho intramolecular Hbond substituents is 1. The van der Waals surface area contributed by atoms with E-state index in [0.717, 1.165) is 0 Å². The Labute approximate surface area is 93.4 Å². The minimum absolute atomic E-state index is 0.204. The zero-order chi connectivity index (χ0) is 11.4. The van der Waals surface area contributed by atoms with Crippen LogP contribution >= 0.6 is 0 Å². The molecule has 78 valence electrons. The maximum atomic E-state index is 9.10. The molecular formula is C13H9NO2. The zero-order valence-corrected chi connectivity index (χ0v) is 8.42. The third kappa shape index (κ3) is 2.31. The Morgan fingerprint density at radius 1 is 0.875 bits per heavy atom. The second-order valence-electron chi connectivity index (χ2n) is 3.20. The molecule has 0 atom stereocenters. The molecule has 3 nitrogen and oxygen atoms in total. The van der Waals surface area contributed by atoms with Gasteiger partial charge in [-0.05, 0) is 36.4 Å². The van der Waals surface area contributed by atoms with Gasteiger partial charge in [0.1, 0.15) is 17.2 Å². The minimum atomic E-state index is 0.204. The van der Waals surface area contributed by atoms with Crippen molar-refractivity contribution in [1.29, 1.82) is 0 Å². The maximum absolute atomic E-state index is 9.10. The van der Waals surface area contributed by atoms with Gasteiger partial charge >= 0.3 is 0 Å². The highest BCUT2D eigenvalue weighted by Gasteiger charge is 1.97. The Bertz CT molecular complexity index is 509. The van der Waals surface area contributed by atoms with Crippen LogP contribution in [-0.2, 0) is 0 Å². The van der Waals surface area contributed by atoms with E-state index in [9.17, 15) is 0 Å². The van der Waals surface area contributed by atoms with E-state index in [-0.39, 0.29) is 5.75 Å². The van der Waals surface area contributed by atoms with Gasteiger partial charge in [-0.1, -0.05) is 12.1 Å². The van der Waals surface area contributed by atoms with Crippen LogP contribution in [0.25, 0.3) is 4.85 Å². The summed E-state index contributed by atoms with van der Waals surface area (Å²) in [6.07, 6.45) is 0. The molecular weight excluding hydrogens is 202 g/mol. The first kappa shape index (κ1) is 10.1. The molecule has 0 amide bonds. The van der Waals surface area contributed by atoms with Crippen LogP contribution in [0.3, 0.4) is 0 Å². The molecule has 2 aromatic rings. The number of hydrogen-bond acceptors (Lipinski definition) is 2. The lowest BCUT2D eigenvalue weighted by molar-refractivity contribution is 0.464. The monoisotopic (exact) mass is 211 g/mol. The van der Waals surface area contributed by atoms with Crippen LogP contribution < -0.4 is 4.74 Å². The van der Waals surface area contributed by atoms with Crippen LogP contribution in [0.1, 0.15) is 0 Å². The number of rotatable bonds is 2. The summed E-state index contributed by atoms with van der Waals surface area (Å²) in [4.78, 5) is 3.29. The molecule has 0 aliphatic rings. The number of phenols is 1. The van der Waals surface area contributed by atoms with Gasteiger partial charge in [-0.2, -0.15) is 0 Å². The van der Waals surface area contributed by atoms with Crippen molar-refractivity contribution in [1.82, 2.24) is 0 Å². The third-order valence-corrected chi connectivity index (χ3v) is 2.04. The summed E-state index contributed by atoms with van der Waals surface area (Å²) >= 11 is 0. The van der Waals surface area contributed by atoms with Crippen molar-refractivity contribution in [2.75, 3.05) is 0 Å². The Balaban J connectivity index is 2.15. The van der Waals surface area contributed by atoms with Gasteiger partial charge in [0.05, 0.1) is 6.57 Å². The summed E-state index contributed by atoms with van der Waals surface area (Å²) in [5.74, 6) is 1.52. The first-order valence-electron chi connectivity index (χ1n) is 4.72. The first-order chi connectivity index (χ1) is 7.78. The predicted octanol–water partition coefficient (Wildman–Crippen LogP) is 3.74. The molecule has 0 aromatic heterocycles. The van der Waals surface area contributed by atoms with Gasteiger partial charge in [0, 0.05) is 0 Å². The maximum Gasteiger partial charge on any atom is 0.187 e. The fourth-order valence-corrected chi connectivity index (χ4v) is 1.24. The highest BCUT2D eigenvalue weighted by Crippen LogP contribution is 2.25. The van der Waals surface area contributed by atoms with E-state index in [0.29, 0.717) is 17.2 Å². The molecule has 3 heteroatoms. The molecule has 0 aliphatic carbocycles. The zero-order valence-electron chi connectivity index (χ0n) is 8.42. The number of ether oxygens (including phenoxy) is 1. The van der Waals surface area contributed by atoms with E-state index in [4.69, 9.17) is 16.4 Å². The minimum Gasteiger partial charge on any atom is -0.508 e. The van der Waals surface area contributed by atoms with E-state index >= 15 is 0 Å². The molecule has 0 saturated carbocycles. The molecule has 0 bridgehead atoms. The summed E-state index contributed by atoms with van der Waals surface area (Å²) in [6.45, 7) is 6.82. The van der Waals surface area contributed by atoms with Gasteiger partial charge in [0.2, 0.25) is 0 Å². The number of nitrogens with zero attached hydrogens (tertiary/aromatic N) is 1. The van der Waals surface area contributed by atoms with E-state index in [1.54, 1.807) is 48.5 Å². The van der Waals surface area contributed by atoms with Crippen molar-refractivity contribution in [2.24, 2.45) is 0 Å². The topological polar surface area (TPSA) is 33.8 Å². The molecule has 0 spiro atoms. The second kappa shape index (κ2) is 4.37. The van der Waals surface area contributed by atoms with Crippen molar-refractivity contribution in [3.05, 3.63) is 59.9 Å². The van der Waals surface area contributed by atoms with E-state index in [2.05, 4.69) is 4.85 Å². The fourth-order valence-electron chi connectivity index (χ4n) is 1.24. The molecule has 2 rings (SSSR count). The molecule has 0 saturated heterocycles. The van der Waals surface area contributed by atoms with Crippen molar-refractivity contribution in [2.45, 2.75) is 0 Å². The van der Waals surface area contributed by atoms with Crippen LogP contribution in [0.5, 0.6) is 17.2 Å². The van der Waals surface area contributed by atoms with E-state index in [1.807, 2.05) is 0 Å². The van der Waals surface area contributed by atoms with Gasteiger partial charge < -0.3 is 9.84 Å². The lowest BCUT2D eigenvalue weighted by Gasteiger charge is -2.05. The van der Waals surface area contributed by atoms with E-state index in [1.165, 1.54) is 0 Å². The average Bonchev–Trinajstić information content (AvgIpc) is 2.33. The van der Waals surface area contributed by atoms with Gasteiger partial charge in [-0.3, -0.25) is 0 Å². The van der Waals surface area contributed by atoms with Crippen LogP contribution in [-0.4, -0.2) is 5.11 Å². The number of aromatic hydroxyl groups is 1. The highest BCUT2D eigenvalue weighted by atomic mass is 16.5. The average molecular weight is 211 g/mol. The molecule has 16 heavy (non-hydrogen) atoms. The number of benzene rings is 2. The molecule has 0 heterocycles.